The number of carbonyl (C=O) groups is 2. The van der Waals surface area contributed by atoms with Crippen LogP contribution in [0.15, 0.2) is 48.5 Å². The van der Waals surface area contributed by atoms with E-state index in [1.807, 2.05) is 29.2 Å². The van der Waals surface area contributed by atoms with Gasteiger partial charge in [-0.1, -0.05) is 30.3 Å². The van der Waals surface area contributed by atoms with Gasteiger partial charge in [0.05, 0.1) is 16.9 Å². The minimum atomic E-state index is -0.162. The average Bonchev–Trinajstić information content (AvgIpc) is 3.55. The third kappa shape index (κ3) is 2.85. The molecule has 158 valence electrons. The SMILES string of the molecule is CN1c2ccccc2C(=O)N2CCc3c(n(CCC(=O)NC4CC4)c4ccccc34)[C@@H]21. The number of para-hydroxylation sites is 2. The van der Waals surface area contributed by atoms with Crippen molar-refractivity contribution in [1.82, 2.24) is 14.8 Å². The Balaban J connectivity index is 1.46. The maximum Gasteiger partial charge on any atom is 0.257 e. The summed E-state index contributed by atoms with van der Waals surface area (Å²) in [4.78, 5) is 30.0. The highest BCUT2D eigenvalue weighted by atomic mass is 16.2. The first kappa shape index (κ1) is 18.5. The number of hydrogen-bond acceptors (Lipinski definition) is 3. The fraction of sp³-hybridized carbons (Fsp3) is 0.360. The Morgan fingerprint density at radius 1 is 1.10 bits per heavy atom. The third-order valence-electron chi connectivity index (χ3n) is 6.91. The second-order valence-electron chi connectivity index (χ2n) is 8.87. The first-order chi connectivity index (χ1) is 15.1. The summed E-state index contributed by atoms with van der Waals surface area (Å²) >= 11 is 0. The zero-order chi connectivity index (χ0) is 21.1. The van der Waals surface area contributed by atoms with Gasteiger partial charge in [0.2, 0.25) is 5.91 Å². The van der Waals surface area contributed by atoms with Crippen LogP contribution < -0.4 is 10.2 Å². The zero-order valence-electron chi connectivity index (χ0n) is 17.7. The van der Waals surface area contributed by atoms with Crippen LogP contribution in [0.3, 0.4) is 0 Å². The van der Waals surface area contributed by atoms with Crippen molar-refractivity contribution in [2.24, 2.45) is 0 Å². The van der Waals surface area contributed by atoms with Crippen molar-refractivity contribution in [2.75, 3.05) is 18.5 Å². The fourth-order valence-corrected chi connectivity index (χ4v) is 5.29. The summed E-state index contributed by atoms with van der Waals surface area (Å²) in [6.07, 6.45) is 3.30. The van der Waals surface area contributed by atoms with E-state index < -0.39 is 0 Å². The highest BCUT2D eigenvalue weighted by Crippen LogP contribution is 2.44. The first-order valence-corrected chi connectivity index (χ1v) is 11.2. The molecule has 0 saturated heterocycles. The van der Waals surface area contributed by atoms with E-state index in [1.165, 1.54) is 10.9 Å². The molecule has 6 nitrogen and oxygen atoms in total. The lowest BCUT2D eigenvalue weighted by atomic mass is 9.96. The Kier molecular flexibility index (Phi) is 4.10. The van der Waals surface area contributed by atoms with Crippen LogP contribution in [0.1, 0.15) is 47.0 Å². The summed E-state index contributed by atoms with van der Waals surface area (Å²) in [6, 6.07) is 16.7. The smallest absolute Gasteiger partial charge is 0.257 e. The molecular weight excluding hydrogens is 388 g/mol. The van der Waals surface area contributed by atoms with Gasteiger partial charge < -0.3 is 19.7 Å². The van der Waals surface area contributed by atoms with Crippen LogP contribution in [0.5, 0.6) is 0 Å². The molecule has 1 N–H and O–H groups in total. The fourth-order valence-electron chi connectivity index (χ4n) is 5.29. The van der Waals surface area contributed by atoms with E-state index in [-0.39, 0.29) is 18.0 Å². The Bertz CT molecular complexity index is 1210. The summed E-state index contributed by atoms with van der Waals surface area (Å²) in [7, 11) is 2.07. The van der Waals surface area contributed by atoms with Crippen molar-refractivity contribution in [3.8, 4) is 0 Å². The molecule has 0 unspecified atom stereocenters. The van der Waals surface area contributed by atoms with Gasteiger partial charge in [-0.05, 0) is 43.0 Å². The predicted molar refractivity (Wildman–Crippen MR) is 120 cm³/mol. The van der Waals surface area contributed by atoms with Gasteiger partial charge in [-0.15, -0.1) is 0 Å². The van der Waals surface area contributed by atoms with Gasteiger partial charge in [0, 0.05) is 43.5 Å². The average molecular weight is 415 g/mol. The van der Waals surface area contributed by atoms with Gasteiger partial charge in [-0.25, -0.2) is 0 Å². The Labute approximate surface area is 181 Å². The molecule has 0 spiro atoms. The molecule has 6 rings (SSSR count). The highest BCUT2D eigenvalue weighted by Gasteiger charge is 2.42. The molecule has 2 amide bonds. The predicted octanol–water partition coefficient (Wildman–Crippen LogP) is 3.46. The molecule has 1 atom stereocenters. The van der Waals surface area contributed by atoms with Crippen LogP contribution in [0.4, 0.5) is 5.69 Å². The second kappa shape index (κ2) is 6.87. The zero-order valence-corrected chi connectivity index (χ0v) is 17.7. The molecule has 0 bridgehead atoms. The van der Waals surface area contributed by atoms with E-state index in [0.717, 1.165) is 41.7 Å². The number of aromatic nitrogens is 1. The van der Waals surface area contributed by atoms with E-state index in [2.05, 4.69) is 46.1 Å². The molecule has 3 aliphatic rings. The van der Waals surface area contributed by atoms with Crippen molar-refractivity contribution >= 4 is 28.4 Å². The van der Waals surface area contributed by atoms with Crippen molar-refractivity contribution in [3.05, 3.63) is 65.4 Å². The van der Waals surface area contributed by atoms with Crippen LogP contribution in [0, 0.1) is 0 Å². The molecule has 0 radical (unpaired) electrons. The topological polar surface area (TPSA) is 57.6 Å². The van der Waals surface area contributed by atoms with Crippen LogP contribution in [-0.4, -0.2) is 40.9 Å². The van der Waals surface area contributed by atoms with Gasteiger partial charge in [-0.3, -0.25) is 9.59 Å². The maximum absolute atomic E-state index is 13.4. The minimum absolute atomic E-state index is 0.0904. The van der Waals surface area contributed by atoms with Crippen molar-refractivity contribution in [3.63, 3.8) is 0 Å². The minimum Gasteiger partial charge on any atom is -0.353 e. The number of benzene rings is 2. The van der Waals surface area contributed by atoms with E-state index in [0.29, 0.717) is 25.6 Å². The van der Waals surface area contributed by atoms with Gasteiger partial charge in [0.15, 0.2) is 0 Å². The molecule has 1 saturated carbocycles. The van der Waals surface area contributed by atoms with Gasteiger partial charge in [-0.2, -0.15) is 0 Å². The molecule has 6 heteroatoms. The van der Waals surface area contributed by atoms with Gasteiger partial charge in [0.25, 0.3) is 5.91 Å². The quantitative estimate of drug-likeness (QED) is 0.711. The molecule has 1 fully saturated rings. The lowest BCUT2D eigenvalue weighted by Gasteiger charge is -2.46. The van der Waals surface area contributed by atoms with Crippen LogP contribution >= 0.6 is 0 Å². The summed E-state index contributed by atoms with van der Waals surface area (Å²) in [5.41, 5.74) is 5.32. The van der Waals surface area contributed by atoms with Crippen LogP contribution in [0.25, 0.3) is 10.9 Å². The molecule has 31 heavy (non-hydrogen) atoms. The Morgan fingerprint density at radius 2 is 1.87 bits per heavy atom. The van der Waals surface area contributed by atoms with Crippen LogP contribution in [-0.2, 0) is 17.8 Å². The molecular formula is C25H26N4O2. The largest absolute Gasteiger partial charge is 0.353 e. The number of nitrogens with one attached hydrogen (secondary N) is 1. The number of nitrogens with zero attached hydrogens (tertiary/aromatic N) is 3. The molecule has 3 heterocycles. The van der Waals surface area contributed by atoms with Gasteiger partial charge in [0.1, 0.15) is 6.17 Å². The molecule has 1 aromatic heterocycles. The van der Waals surface area contributed by atoms with E-state index >= 15 is 0 Å². The maximum atomic E-state index is 13.4. The number of anilines is 1. The molecule has 2 aliphatic heterocycles. The molecule has 1 aliphatic carbocycles. The molecule has 2 aromatic carbocycles. The number of rotatable bonds is 4. The van der Waals surface area contributed by atoms with Crippen molar-refractivity contribution < 1.29 is 9.59 Å². The van der Waals surface area contributed by atoms with Crippen LogP contribution in [0.2, 0.25) is 0 Å². The van der Waals surface area contributed by atoms with Crippen molar-refractivity contribution in [2.45, 2.75) is 44.4 Å². The Morgan fingerprint density at radius 3 is 2.71 bits per heavy atom. The third-order valence-corrected chi connectivity index (χ3v) is 6.91. The lowest BCUT2D eigenvalue weighted by Crippen LogP contribution is -2.51. The van der Waals surface area contributed by atoms with E-state index in [4.69, 9.17) is 0 Å². The summed E-state index contributed by atoms with van der Waals surface area (Å²) in [5, 5.41) is 4.34. The number of aryl methyl sites for hydroxylation is 1. The molecule has 3 aromatic rings. The van der Waals surface area contributed by atoms with E-state index in [1.54, 1.807) is 0 Å². The number of fused-ring (bicyclic) bond motifs is 6. The number of carbonyl (C=O) groups excluding carboxylic acids is 2. The van der Waals surface area contributed by atoms with Gasteiger partial charge >= 0.3 is 0 Å². The monoisotopic (exact) mass is 414 g/mol. The normalized spacial score (nSPS) is 19.8. The van der Waals surface area contributed by atoms with Crippen molar-refractivity contribution in [1.29, 1.82) is 0 Å². The summed E-state index contributed by atoms with van der Waals surface area (Å²) < 4.78 is 2.28. The summed E-state index contributed by atoms with van der Waals surface area (Å²) in [5.74, 6) is 0.202. The second-order valence-corrected chi connectivity index (χ2v) is 8.87. The number of amides is 2. The van der Waals surface area contributed by atoms with E-state index in [9.17, 15) is 9.59 Å². The highest BCUT2D eigenvalue weighted by molar-refractivity contribution is 6.02. The first-order valence-electron chi connectivity index (χ1n) is 11.2. The number of hydrogen-bond donors (Lipinski definition) is 1. The lowest BCUT2D eigenvalue weighted by molar-refractivity contribution is -0.121. The summed E-state index contributed by atoms with van der Waals surface area (Å²) in [6.45, 7) is 1.31. The Hall–Kier alpha value is -3.28. The standard InChI is InChI=1S/C25H26N4O2/c1-27-20-8-4-3-7-19(20)25(31)29-14-12-18-17-6-2-5-9-21(17)28(23(18)24(27)29)15-13-22(30)26-16-10-11-16/h2-9,16,24H,10-15H2,1H3,(H,26,30)/t24-/m1/s1.